The first kappa shape index (κ1) is 11.8. The first-order valence-corrected chi connectivity index (χ1v) is 5.58. The summed E-state index contributed by atoms with van der Waals surface area (Å²) in [5.74, 6) is 1.24. The fourth-order valence-electron chi connectivity index (χ4n) is 1.27. The fourth-order valence-corrected chi connectivity index (χ4v) is 1.56. The van der Waals surface area contributed by atoms with Crippen LogP contribution in [0.3, 0.4) is 0 Å². The van der Waals surface area contributed by atoms with Crippen molar-refractivity contribution in [1.29, 1.82) is 5.26 Å². The Morgan fingerprint density at radius 1 is 0.882 bits per heavy atom. The summed E-state index contributed by atoms with van der Waals surface area (Å²) in [6, 6.07) is 13.9. The second-order valence-corrected chi connectivity index (χ2v) is 4.13. The van der Waals surface area contributed by atoms with Gasteiger partial charge >= 0.3 is 0 Å². The third-order valence-electron chi connectivity index (χ3n) is 2.11. The van der Waals surface area contributed by atoms with Gasteiger partial charge in [-0.25, -0.2) is 0 Å². The number of ether oxygens (including phenoxy) is 1. The Labute approximate surface area is 109 Å². The van der Waals surface area contributed by atoms with Crippen LogP contribution in [0.2, 0.25) is 10.0 Å². The number of benzene rings is 2. The van der Waals surface area contributed by atoms with E-state index in [2.05, 4.69) is 0 Å². The van der Waals surface area contributed by atoms with Gasteiger partial charge in [0.05, 0.1) is 21.7 Å². The molecular weight excluding hydrogens is 257 g/mol. The Hall–Kier alpha value is -1.69. The van der Waals surface area contributed by atoms with Crippen LogP contribution in [0.25, 0.3) is 0 Å². The first-order chi connectivity index (χ1) is 8.19. The molecule has 0 N–H and O–H groups in total. The standard InChI is InChI=1S/C13H7Cl2NO/c14-12-6-5-11(7-13(12)15)17-10-3-1-9(8-16)2-4-10/h1-7H. The lowest BCUT2D eigenvalue weighted by Gasteiger charge is -2.06. The predicted molar refractivity (Wildman–Crippen MR) is 67.7 cm³/mol. The highest BCUT2D eigenvalue weighted by Crippen LogP contribution is 2.29. The monoisotopic (exact) mass is 263 g/mol. The third kappa shape index (κ3) is 2.91. The summed E-state index contributed by atoms with van der Waals surface area (Å²) in [6.45, 7) is 0. The van der Waals surface area contributed by atoms with E-state index >= 15 is 0 Å². The smallest absolute Gasteiger partial charge is 0.129 e. The minimum Gasteiger partial charge on any atom is -0.457 e. The molecule has 0 atom stereocenters. The van der Waals surface area contributed by atoms with Gasteiger partial charge in [-0.15, -0.1) is 0 Å². The Bertz CT molecular complexity index is 573. The summed E-state index contributed by atoms with van der Waals surface area (Å²) < 4.78 is 5.56. The molecule has 0 bridgehead atoms. The topological polar surface area (TPSA) is 33.0 Å². The van der Waals surface area contributed by atoms with E-state index in [-0.39, 0.29) is 0 Å². The molecule has 0 aliphatic rings. The molecule has 4 heteroatoms. The number of rotatable bonds is 2. The van der Waals surface area contributed by atoms with Crippen molar-refractivity contribution in [3.8, 4) is 17.6 Å². The predicted octanol–water partition coefficient (Wildman–Crippen LogP) is 4.66. The maximum absolute atomic E-state index is 8.66. The minimum absolute atomic E-state index is 0.442. The number of hydrogen-bond donors (Lipinski definition) is 0. The van der Waals surface area contributed by atoms with Crippen LogP contribution in [0.15, 0.2) is 42.5 Å². The molecule has 0 aliphatic carbocycles. The summed E-state index contributed by atoms with van der Waals surface area (Å²) in [5, 5.41) is 9.59. The average molecular weight is 264 g/mol. The minimum atomic E-state index is 0.442. The van der Waals surface area contributed by atoms with Gasteiger partial charge in [0.15, 0.2) is 0 Å². The van der Waals surface area contributed by atoms with Gasteiger partial charge in [0.2, 0.25) is 0 Å². The van der Waals surface area contributed by atoms with Crippen molar-refractivity contribution < 1.29 is 4.74 Å². The van der Waals surface area contributed by atoms with Gasteiger partial charge in [-0.3, -0.25) is 0 Å². The van der Waals surface area contributed by atoms with Crippen LogP contribution < -0.4 is 4.74 Å². The van der Waals surface area contributed by atoms with Crippen molar-refractivity contribution in [2.45, 2.75) is 0 Å². The number of hydrogen-bond acceptors (Lipinski definition) is 2. The fraction of sp³-hybridized carbons (Fsp3) is 0. The molecule has 0 aromatic heterocycles. The Morgan fingerprint density at radius 2 is 1.53 bits per heavy atom. The molecule has 0 radical (unpaired) electrons. The quantitative estimate of drug-likeness (QED) is 0.790. The molecule has 0 heterocycles. The number of nitrogens with zero attached hydrogens (tertiary/aromatic N) is 1. The Morgan fingerprint density at radius 3 is 2.12 bits per heavy atom. The molecule has 2 nitrogen and oxygen atoms in total. The highest BCUT2D eigenvalue weighted by Gasteiger charge is 2.01. The molecule has 0 saturated carbocycles. The second-order valence-electron chi connectivity index (χ2n) is 3.31. The molecule has 17 heavy (non-hydrogen) atoms. The summed E-state index contributed by atoms with van der Waals surface area (Å²) in [6.07, 6.45) is 0. The van der Waals surface area contributed by atoms with Crippen molar-refractivity contribution >= 4 is 23.2 Å². The highest BCUT2D eigenvalue weighted by molar-refractivity contribution is 6.42. The molecular formula is C13H7Cl2NO. The summed E-state index contributed by atoms with van der Waals surface area (Å²) in [7, 11) is 0. The third-order valence-corrected chi connectivity index (χ3v) is 2.85. The normalized spacial score (nSPS) is 9.71. The van der Waals surface area contributed by atoms with Crippen molar-refractivity contribution in [3.05, 3.63) is 58.1 Å². The van der Waals surface area contributed by atoms with E-state index in [1.807, 2.05) is 6.07 Å². The van der Waals surface area contributed by atoms with Crippen LogP contribution in [0.5, 0.6) is 11.5 Å². The summed E-state index contributed by atoms with van der Waals surface area (Å²) in [5.41, 5.74) is 0.589. The number of halogens is 2. The lowest BCUT2D eigenvalue weighted by Crippen LogP contribution is -1.84. The van der Waals surface area contributed by atoms with E-state index in [0.29, 0.717) is 27.1 Å². The van der Waals surface area contributed by atoms with Crippen LogP contribution in [-0.4, -0.2) is 0 Å². The zero-order chi connectivity index (χ0) is 12.3. The largest absolute Gasteiger partial charge is 0.457 e. The van der Waals surface area contributed by atoms with Crippen LogP contribution in [0.1, 0.15) is 5.56 Å². The van der Waals surface area contributed by atoms with Crippen LogP contribution in [-0.2, 0) is 0 Å². The van der Waals surface area contributed by atoms with Crippen molar-refractivity contribution in [1.82, 2.24) is 0 Å². The zero-order valence-electron chi connectivity index (χ0n) is 8.65. The average Bonchev–Trinajstić information content (AvgIpc) is 2.35. The van der Waals surface area contributed by atoms with Gasteiger partial charge in [-0.05, 0) is 36.4 Å². The van der Waals surface area contributed by atoms with E-state index < -0.39 is 0 Å². The second kappa shape index (κ2) is 5.09. The van der Waals surface area contributed by atoms with Crippen LogP contribution >= 0.6 is 23.2 Å². The van der Waals surface area contributed by atoms with Gasteiger partial charge < -0.3 is 4.74 Å². The van der Waals surface area contributed by atoms with Crippen molar-refractivity contribution in [2.75, 3.05) is 0 Å². The van der Waals surface area contributed by atoms with Crippen LogP contribution in [0, 0.1) is 11.3 Å². The van der Waals surface area contributed by atoms with Gasteiger partial charge in [0.25, 0.3) is 0 Å². The van der Waals surface area contributed by atoms with Gasteiger partial charge in [0, 0.05) is 6.07 Å². The highest BCUT2D eigenvalue weighted by atomic mass is 35.5. The molecule has 0 amide bonds. The molecule has 2 rings (SSSR count). The SMILES string of the molecule is N#Cc1ccc(Oc2ccc(Cl)c(Cl)c2)cc1. The molecule has 2 aromatic rings. The van der Waals surface area contributed by atoms with E-state index in [9.17, 15) is 0 Å². The molecule has 0 spiro atoms. The molecule has 0 saturated heterocycles. The number of nitriles is 1. The summed E-state index contributed by atoms with van der Waals surface area (Å²) in [4.78, 5) is 0. The van der Waals surface area contributed by atoms with E-state index in [1.54, 1.807) is 42.5 Å². The molecule has 0 unspecified atom stereocenters. The van der Waals surface area contributed by atoms with E-state index in [0.717, 1.165) is 0 Å². The van der Waals surface area contributed by atoms with Gasteiger partial charge in [0.1, 0.15) is 11.5 Å². The van der Waals surface area contributed by atoms with Crippen LogP contribution in [0.4, 0.5) is 0 Å². The zero-order valence-corrected chi connectivity index (χ0v) is 10.2. The molecule has 0 fully saturated rings. The van der Waals surface area contributed by atoms with E-state index in [4.69, 9.17) is 33.2 Å². The molecule has 0 aliphatic heterocycles. The van der Waals surface area contributed by atoms with Crippen molar-refractivity contribution in [2.24, 2.45) is 0 Å². The van der Waals surface area contributed by atoms with Gasteiger partial charge in [-0.1, -0.05) is 23.2 Å². The van der Waals surface area contributed by atoms with Crippen molar-refractivity contribution in [3.63, 3.8) is 0 Å². The van der Waals surface area contributed by atoms with E-state index in [1.165, 1.54) is 0 Å². The molecule has 2 aromatic carbocycles. The lowest BCUT2D eigenvalue weighted by molar-refractivity contribution is 0.482. The maximum Gasteiger partial charge on any atom is 0.129 e. The first-order valence-electron chi connectivity index (χ1n) is 4.82. The van der Waals surface area contributed by atoms with Gasteiger partial charge in [-0.2, -0.15) is 5.26 Å². The lowest BCUT2D eigenvalue weighted by atomic mass is 10.2. The molecule has 84 valence electrons. The maximum atomic E-state index is 8.66. The Kier molecular flexibility index (Phi) is 3.53. The summed E-state index contributed by atoms with van der Waals surface area (Å²) >= 11 is 11.7. The Balaban J connectivity index is 2.20.